The molecule has 6 heteroatoms. The van der Waals surface area contributed by atoms with Crippen LogP contribution in [0.2, 0.25) is 0 Å². The summed E-state index contributed by atoms with van der Waals surface area (Å²) < 4.78 is 11.1. The van der Waals surface area contributed by atoms with Crippen molar-refractivity contribution in [3.8, 4) is 22.9 Å². The molecule has 1 aliphatic heterocycles. The van der Waals surface area contributed by atoms with Crippen molar-refractivity contribution in [2.45, 2.75) is 6.54 Å². The number of quaternary nitrogens is 1. The number of piperazine rings is 1. The second kappa shape index (κ2) is 9.46. The molecule has 1 fully saturated rings. The second-order valence-corrected chi connectivity index (χ2v) is 8.36. The fourth-order valence-electron chi connectivity index (χ4n) is 4.49. The van der Waals surface area contributed by atoms with Crippen LogP contribution < -0.4 is 19.3 Å². The molecule has 0 bridgehead atoms. The molecule has 1 saturated heterocycles. The summed E-state index contributed by atoms with van der Waals surface area (Å²) in [6.07, 6.45) is 0. The third-order valence-corrected chi connectivity index (χ3v) is 6.28. The molecule has 5 rings (SSSR count). The molecule has 6 nitrogen and oxygen atoms in total. The average Bonchev–Trinajstić information content (AvgIpc) is 2.89. The van der Waals surface area contributed by atoms with E-state index in [1.165, 1.54) is 5.56 Å². The first-order valence-corrected chi connectivity index (χ1v) is 11.4. The van der Waals surface area contributed by atoms with E-state index in [1.54, 1.807) is 19.1 Å². The SMILES string of the molecule is COc1cc2nc(-c3ccccc3)nc(N3CC[NH+](Cc4ccccc4)CC3)c2cc1OC. The van der Waals surface area contributed by atoms with Gasteiger partial charge in [-0.2, -0.15) is 0 Å². The van der Waals surface area contributed by atoms with Gasteiger partial charge in [0.1, 0.15) is 12.4 Å². The van der Waals surface area contributed by atoms with Gasteiger partial charge in [0.2, 0.25) is 0 Å². The maximum absolute atomic E-state index is 5.58. The van der Waals surface area contributed by atoms with Crippen LogP contribution in [0.5, 0.6) is 11.5 Å². The predicted octanol–water partition coefficient (Wildman–Crippen LogP) is 3.22. The lowest BCUT2D eigenvalue weighted by molar-refractivity contribution is -0.914. The number of nitrogens with zero attached hydrogens (tertiary/aromatic N) is 3. The van der Waals surface area contributed by atoms with Crippen molar-refractivity contribution in [2.75, 3.05) is 45.3 Å². The van der Waals surface area contributed by atoms with Crippen molar-refractivity contribution in [3.63, 3.8) is 0 Å². The van der Waals surface area contributed by atoms with E-state index in [0.717, 1.165) is 60.8 Å². The van der Waals surface area contributed by atoms with Crippen LogP contribution in [0.4, 0.5) is 5.82 Å². The van der Waals surface area contributed by atoms with Crippen molar-refractivity contribution < 1.29 is 14.4 Å². The Balaban J connectivity index is 1.49. The Morgan fingerprint density at radius 3 is 2.12 bits per heavy atom. The quantitative estimate of drug-likeness (QED) is 0.498. The maximum Gasteiger partial charge on any atom is 0.162 e. The molecule has 0 amide bonds. The van der Waals surface area contributed by atoms with Gasteiger partial charge < -0.3 is 19.3 Å². The highest BCUT2D eigenvalue weighted by Crippen LogP contribution is 2.36. The first kappa shape index (κ1) is 21.2. The van der Waals surface area contributed by atoms with Crippen molar-refractivity contribution >= 4 is 16.7 Å². The Labute approximate surface area is 194 Å². The summed E-state index contributed by atoms with van der Waals surface area (Å²) in [5.74, 6) is 3.05. The van der Waals surface area contributed by atoms with Crippen LogP contribution >= 0.6 is 0 Å². The monoisotopic (exact) mass is 441 g/mol. The molecule has 0 aliphatic carbocycles. The zero-order valence-electron chi connectivity index (χ0n) is 19.1. The zero-order valence-corrected chi connectivity index (χ0v) is 19.1. The standard InChI is InChI=1S/C27H28N4O2/c1-32-24-17-22-23(18-25(24)33-2)28-26(21-11-7-4-8-12-21)29-27(22)31-15-13-30(14-16-31)19-20-9-5-3-6-10-20/h3-12,17-18H,13-16,19H2,1-2H3/p+1. The summed E-state index contributed by atoms with van der Waals surface area (Å²) in [5, 5.41) is 0.985. The number of hydrogen-bond acceptors (Lipinski definition) is 5. The molecule has 0 saturated carbocycles. The number of ether oxygens (including phenoxy) is 2. The molecule has 0 radical (unpaired) electrons. The number of nitrogens with one attached hydrogen (secondary N) is 1. The number of hydrogen-bond donors (Lipinski definition) is 1. The maximum atomic E-state index is 5.58. The van der Waals surface area contributed by atoms with E-state index in [1.807, 2.05) is 42.5 Å². The summed E-state index contributed by atoms with van der Waals surface area (Å²) in [5.41, 5.74) is 3.25. The van der Waals surface area contributed by atoms with E-state index in [0.29, 0.717) is 11.5 Å². The lowest BCUT2D eigenvalue weighted by atomic mass is 10.1. The van der Waals surface area contributed by atoms with E-state index in [9.17, 15) is 0 Å². The first-order chi connectivity index (χ1) is 16.2. The van der Waals surface area contributed by atoms with E-state index >= 15 is 0 Å². The molecule has 1 aromatic heterocycles. The van der Waals surface area contributed by atoms with Crippen molar-refractivity contribution in [1.29, 1.82) is 0 Å². The minimum atomic E-state index is 0.672. The van der Waals surface area contributed by atoms with Gasteiger partial charge in [0.05, 0.1) is 45.9 Å². The highest BCUT2D eigenvalue weighted by atomic mass is 16.5. The predicted molar refractivity (Wildman–Crippen MR) is 131 cm³/mol. The number of benzene rings is 3. The summed E-state index contributed by atoms with van der Waals surface area (Å²) in [4.78, 5) is 13.9. The molecular formula is C27H29N4O2+. The van der Waals surface area contributed by atoms with E-state index in [4.69, 9.17) is 19.4 Å². The Morgan fingerprint density at radius 1 is 0.818 bits per heavy atom. The molecule has 2 heterocycles. The third-order valence-electron chi connectivity index (χ3n) is 6.28. The number of rotatable bonds is 6. The molecule has 1 aliphatic rings. The van der Waals surface area contributed by atoms with Crippen LogP contribution in [0.15, 0.2) is 72.8 Å². The molecule has 0 spiro atoms. The fraction of sp³-hybridized carbons (Fsp3) is 0.259. The molecule has 0 atom stereocenters. The molecule has 4 aromatic rings. The topological polar surface area (TPSA) is 51.9 Å². The number of anilines is 1. The molecule has 33 heavy (non-hydrogen) atoms. The van der Waals surface area contributed by atoms with Crippen LogP contribution in [-0.2, 0) is 6.54 Å². The zero-order chi connectivity index (χ0) is 22.6. The van der Waals surface area contributed by atoms with Gasteiger partial charge in [-0.15, -0.1) is 0 Å². The Bertz CT molecular complexity index is 1220. The van der Waals surface area contributed by atoms with Crippen molar-refractivity contribution in [1.82, 2.24) is 9.97 Å². The van der Waals surface area contributed by atoms with Crippen LogP contribution in [-0.4, -0.2) is 50.4 Å². The van der Waals surface area contributed by atoms with Gasteiger partial charge in [0.25, 0.3) is 0 Å². The third kappa shape index (κ3) is 4.47. The Morgan fingerprint density at radius 2 is 1.45 bits per heavy atom. The van der Waals surface area contributed by atoms with Gasteiger partial charge in [0, 0.05) is 22.6 Å². The highest BCUT2D eigenvalue weighted by Gasteiger charge is 2.24. The summed E-state index contributed by atoms with van der Waals surface area (Å²) in [6, 6.07) is 24.8. The minimum Gasteiger partial charge on any atom is -0.493 e. The van der Waals surface area contributed by atoms with E-state index in [-0.39, 0.29) is 0 Å². The molecule has 3 aromatic carbocycles. The van der Waals surface area contributed by atoms with Crippen molar-refractivity contribution in [3.05, 3.63) is 78.4 Å². The van der Waals surface area contributed by atoms with Gasteiger partial charge >= 0.3 is 0 Å². The lowest BCUT2D eigenvalue weighted by Crippen LogP contribution is -3.13. The van der Waals surface area contributed by atoms with Gasteiger partial charge in [0.15, 0.2) is 17.3 Å². The normalized spacial score (nSPS) is 14.4. The fourth-order valence-corrected chi connectivity index (χ4v) is 4.49. The van der Waals surface area contributed by atoms with E-state index < -0.39 is 0 Å². The van der Waals surface area contributed by atoms with Gasteiger partial charge in [-0.1, -0.05) is 60.7 Å². The van der Waals surface area contributed by atoms with Crippen LogP contribution in [0.1, 0.15) is 5.56 Å². The van der Waals surface area contributed by atoms with Crippen LogP contribution in [0, 0.1) is 0 Å². The number of methoxy groups -OCH3 is 2. The Kier molecular flexibility index (Phi) is 6.09. The summed E-state index contributed by atoms with van der Waals surface area (Å²) in [6.45, 7) is 5.07. The van der Waals surface area contributed by atoms with Crippen LogP contribution in [0.3, 0.4) is 0 Å². The summed E-state index contributed by atoms with van der Waals surface area (Å²) in [7, 11) is 3.31. The summed E-state index contributed by atoms with van der Waals surface area (Å²) >= 11 is 0. The van der Waals surface area contributed by atoms with Gasteiger partial charge in [-0.05, 0) is 6.07 Å². The average molecular weight is 442 g/mol. The van der Waals surface area contributed by atoms with Crippen LogP contribution in [0.25, 0.3) is 22.3 Å². The number of aromatic nitrogens is 2. The van der Waals surface area contributed by atoms with E-state index in [2.05, 4.69) is 35.2 Å². The smallest absolute Gasteiger partial charge is 0.162 e. The lowest BCUT2D eigenvalue weighted by Gasteiger charge is -2.33. The second-order valence-electron chi connectivity index (χ2n) is 8.36. The van der Waals surface area contributed by atoms with Crippen molar-refractivity contribution in [2.24, 2.45) is 0 Å². The molecule has 168 valence electrons. The molecule has 1 N–H and O–H groups in total. The molecular weight excluding hydrogens is 412 g/mol. The first-order valence-electron chi connectivity index (χ1n) is 11.4. The molecule has 0 unspecified atom stereocenters. The minimum absolute atomic E-state index is 0.672. The van der Waals surface area contributed by atoms with Gasteiger partial charge in [-0.3, -0.25) is 0 Å². The highest BCUT2D eigenvalue weighted by molar-refractivity contribution is 5.93. The van der Waals surface area contributed by atoms with Gasteiger partial charge in [-0.25, -0.2) is 9.97 Å². The number of fused-ring (bicyclic) bond motifs is 1. The Hall–Kier alpha value is -3.64. The largest absolute Gasteiger partial charge is 0.493 e.